The first-order valence-corrected chi connectivity index (χ1v) is 3.89. The molecule has 1 aromatic rings. The summed E-state index contributed by atoms with van der Waals surface area (Å²) < 4.78 is 36.7. The van der Waals surface area contributed by atoms with E-state index in [4.69, 9.17) is 0 Å². The van der Waals surface area contributed by atoms with Crippen LogP contribution >= 0.6 is 0 Å². The highest BCUT2D eigenvalue weighted by Gasteiger charge is 2.33. The van der Waals surface area contributed by atoms with E-state index in [1.807, 2.05) is 0 Å². The van der Waals surface area contributed by atoms with Crippen molar-refractivity contribution in [2.75, 3.05) is 0 Å². The number of halogens is 3. The van der Waals surface area contributed by atoms with Gasteiger partial charge in [-0.15, -0.1) is 0 Å². The molecule has 0 saturated heterocycles. The molecule has 0 amide bonds. The van der Waals surface area contributed by atoms with Gasteiger partial charge in [-0.05, 0) is 12.1 Å². The molecule has 0 aliphatic heterocycles. The van der Waals surface area contributed by atoms with E-state index >= 15 is 0 Å². The van der Waals surface area contributed by atoms with Crippen molar-refractivity contribution in [2.45, 2.75) is 20.0 Å². The van der Waals surface area contributed by atoms with Gasteiger partial charge in [0.1, 0.15) is 11.1 Å². The highest BCUT2D eigenvalue weighted by atomic mass is 19.4. The van der Waals surface area contributed by atoms with Gasteiger partial charge >= 0.3 is 6.18 Å². The van der Waals surface area contributed by atoms with Gasteiger partial charge in [0.25, 0.3) is 0 Å². The Hall–Kier alpha value is -1.12. The lowest BCUT2D eigenvalue weighted by Gasteiger charge is -2.04. The predicted octanol–water partition coefficient (Wildman–Crippen LogP) is 3.67. The van der Waals surface area contributed by atoms with Crippen molar-refractivity contribution < 1.29 is 13.2 Å². The molecule has 0 atom stereocenters. The molecule has 0 aliphatic rings. The molecule has 3 heteroatoms. The number of hydrogen-bond acceptors (Lipinski definition) is 0. The van der Waals surface area contributed by atoms with Crippen molar-refractivity contribution in [3.05, 3.63) is 41.3 Å². The van der Waals surface area contributed by atoms with Crippen LogP contribution in [-0.2, 0) is 6.18 Å². The number of rotatable bonds is 1. The Labute approximate surface area is 75.4 Å². The van der Waals surface area contributed by atoms with Crippen LogP contribution in [0.4, 0.5) is 13.2 Å². The van der Waals surface area contributed by atoms with Crippen LogP contribution in [0.5, 0.6) is 0 Å². The summed E-state index contributed by atoms with van der Waals surface area (Å²) in [7, 11) is 0. The fourth-order valence-electron chi connectivity index (χ4n) is 1.01. The molecule has 0 spiro atoms. The Kier molecular flexibility index (Phi) is 2.55. The fourth-order valence-corrected chi connectivity index (χ4v) is 1.01. The maximum Gasteiger partial charge on any atom is 0.428 e. The first-order valence-electron chi connectivity index (χ1n) is 3.89. The Bertz CT molecular complexity index is 286. The Morgan fingerprint density at radius 3 is 2.23 bits per heavy atom. The molecule has 0 N–H and O–H groups in total. The lowest BCUT2D eigenvalue weighted by molar-refractivity contribution is -0.137. The minimum atomic E-state index is -4.24. The van der Waals surface area contributed by atoms with Crippen LogP contribution in [-0.4, -0.2) is 0 Å². The van der Waals surface area contributed by atoms with Crippen molar-refractivity contribution in [3.63, 3.8) is 0 Å². The summed E-state index contributed by atoms with van der Waals surface area (Å²) in [5, 5.41) is 0. The maximum atomic E-state index is 12.2. The van der Waals surface area contributed by atoms with E-state index in [1.54, 1.807) is 19.9 Å². The van der Waals surface area contributed by atoms with E-state index < -0.39 is 11.7 Å². The maximum absolute atomic E-state index is 12.2. The molecule has 0 heterocycles. The van der Waals surface area contributed by atoms with E-state index in [-0.39, 0.29) is 0 Å². The number of alkyl halides is 3. The van der Waals surface area contributed by atoms with Crippen molar-refractivity contribution >= 4 is 0 Å². The second-order valence-electron chi connectivity index (χ2n) is 3.08. The van der Waals surface area contributed by atoms with Gasteiger partial charge < -0.3 is 0 Å². The molecule has 0 radical (unpaired) electrons. The summed E-state index contributed by atoms with van der Waals surface area (Å²) in [6, 6.07) is 5.33. The largest absolute Gasteiger partial charge is 0.428 e. The SMILES string of the molecule is C[C+](C)c1cccc(C(F)(F)F)c1. The van der Waals surface area contributed by atoms with Crippen molar-refractivity contribution in [2.24, 2.45) is 0 Å². The van der Waals surface area contributed by atoms with Gasteiger partial charge in [-0.3, -0.25) is 0 Å². The van der Waals surface area contributed by atoms with E-state index in [0.717, 1.165) is 18.1 Å². The third-order valence-electron chi connectivity index (χ3n) is 1.77. The molecule has 13 heavy (non-hydrogen) atoms. The minimum absolute atomic E-state index is 0.591. The molecule has 0 nitrogen and oxygen atoms in total. The highest BCUT2D eigenvalue weighted by Crippen LogP contribution is 2.30. The molecule has 0 saturated carbocycles. The predicted molar refractivity (Wildman–Crippen MR) is 45.1 cm³/mol. The summed E-state index contributed by atoms with van der Waals surface area (Å²) in [6.45, 7) is 3.57. The fraction of sp³-hybridized carbons (Fsp3) is 0.300. The second kappa shape index (κ2) is 3.32. The molecule has 1 rings (SSSR count). The average Bonchev–Trinajstić information content (AvgIpc) is 2.03. The smallest absolute Gasteiger partial charge is 0.165 e. The molecular formula is C10H10F3+. The molecule has 70 valence electrons. The first kappa shape index (κ1) is 9.96. The molecule has 0 aliphatic carbocycles. The zero-order valence-electron chi connectivity index (χ0n) is 7.44. The van der Waals surface area contributed by atoms with Gasteiger partial charge in [0.05, 0.1) is 6.07 Å². The number of benzene rings is 1. The summed E-state index contributed by atoms with van der Waals surface area (Å²) >= 11 is 0. The second-order valence-corrected chi connectivity index (χ2v) is 3.08. The van der Waals surface area contributed by atoms with Gasteiger partial charge in [-0.25, -0.2) is 0 Å². The quantitative estimate of drug-likeness (QED) is 0.588. The summed E-state index contributed by atoms with van der Waals surface area (Å²) in [5.74, 6) is 0.881. The van der Waals surface area contributed by atoms with E-state index in [2.05, 4.69) is 0 Å². The standard InChI is InChI=1S/C10H10F3/c1-7(2)8-4-3-5-9(6-8)10(11,12)13/h3-6H,1-2H3/q+1. The lowest BCUT2D eigenvalue weighted by atomic mass is 10.0. The summed E-state index contributed by atoms with van der Waals surface area (Å²) in [4.78, 5) is 0. The van der Waals surface area contributed by atoms with Crippen LogP contribution in [0.3, 0.4) is 0 Å². The third-order valence-corrected chi connectivity index (χ3v) is 1.77. The normalized spacial score (nSPS) is 11.5. The molecular weight excluding hydrogens is 177 g/mol. The third kappa shape index (κ3) is 2.41. The Morgan fingerprint density at radius 1 is 1.15 bits per heavy atom. The zero-order chi connectivity index (χ0) is 10.1. The topological polar surface area (TPSA) is 0 Å². The van der Waals surface area contributed by atoms with Crippen molar-refractivity contribution in [3.8, 4) is 0 Å². The van der Waals surface area contributed by atoms with Crippen LogP contribution in [0, 0.1) is 5.92 Å². The molecule has 0 bridgehead atoms. The van der Waals surface area contributed by atoms with Gasteiger partial charge in [0.2, 0.25) is 0 Å². The summed E-state index contributed by atoms with van der Waals surface area (Å²) in [6.07, 6.45) is -4.24. The van der Waals surface area contributed by atoms with Crippen LogP contribution in [0.2, 0.25) is 0 Å². The van der Waals surface area contributed by atoms with E-state index in [0.29, 0.717) is 5.56 Å². The number of hydrogen-bond donors (Lipinski definition) is 0. The molecule has 0 unspecified atom stereocenters. The van der Waals surface area contributed by atoms with Crippen molar-refractivity contribution in [1.82, 2.24) is 0 Å². The van der Waals surface area contributed by atoms with Crippen LogP contribution in [0.1, 0.15) is 25.0 Å². The Morgan fingerprint density at radius 2 is 1.77 bits per heavy atom. The Balaban J connectivity index is 3.06. The van der Waals surface area contributed by atoms with Gasteiger partial charge in [0.15, 0.2) is 0 Å². The van der Waals surface area contributed by atoms with Crippen LogP contribution in [0.15, 0.2) is 24.3 Å². The average molecular weight is 187 g/mol. The molecule has 0 aromatic heterocycles. The monoisotopic (exact) mass is 187 g/mol. The van der Waals surface area contributed by atoms with E-state index in [9.17, 15) is 13.2 Å². The van der Waals surface area contributed by atoms with Crippen molar-refractivity contribution in [1.29, 1.82) is 0 Å². The highest BCUT2D eigenvalue weighted by molar-refractivity contribution is 5.33. The minimum Gasteiger partial charge on any atom is -0.165 e. The van der Waals surface area contributed by atoms with Gasteiger partial charge in [0, 0.05) is 25.8 Å². The first-order chi connectivity index (χ1) is 5.91. The van der Waals surface area contributed by atoms with Gasteiger partial charge in [-0.2, -0.15) is 13.2 Å². The van der Waals surface area contributed by atoms with Gasteiger partial charge in [-0.1, -0.05) is 0 Å². The zero-order valence-corrected chi connectivity index (χ0v) is 7.44. The molecule has 1 aromatic carbocycles. The van der Waals surface area contributed by atoms with E-state index in [1.165, 1.54) is 6.07 Å². The lowest BCUT2D eigenvalue weighted by Crippen LogP contribution is -2.05. The van der Waals surface area contributed by atoms with Crippen LogP contribution < -0.4 is 0 Å². The molecule has 0 fully saturated rings. The van der Waals surface area contributed by atoms with Crippen LogP contribution in [0.25, 0.3) is 0 Å². The summed E-state index contributed by atoms with van der Waals surface area (Å²) in [5.41, 5.74) is 0.0426.